The van der Waals surface area contributed by atoms with Crippen LogP contribution in [-0.4, -0.2) is 15.0 Å². The Morgan fingerprint density at radius 2 is 2.06 bits per heavy atom. The van der Waals surface area contributed by atoms with Gasteiger partial charge in [0.2, 0.25) is 0 Å². The summed E-state index contributed by atoms with van der Waals surface area (Å²) in [4.78, 5) is 0. The van der Waals surface area contributed by atoms with E-state index in [4.69, 9.17) is 5.73 Å². The molecule has 0 fully saturated rings. The molecule has 0 saturated carbocycles. The Bertz CT molecular complexity index is 563. The van der Waals surface area contributed by atoms with Crippen molar-refractivity contribution in [3.63, 3.8) is 0 Å². The molecule has 4 nitrogen and oxygen atoms in total. The quantitative estimate of drug-likeness (QED) is 0.912. The standard InChI is InChI=1S/C12H14F2N4/c1-7(2)11-12(15)16-17-18(11)6-8-4-3-5-9(13)10(8)14/h3-5,7H,6,15H2,1-2H3. The van der Waals surface area contributed by atoms with Crippen LogP contribution in [0.25, 0.3) is 0 Å². The number of nitrogen functional groups attached to an aromatic ring is 1. The van der Waals surface area contributed by atoms with E-state index in [1.165, 1.54) is 16.8 Å². The van der Waals surface area contributed by atoms with Crippen LogP contribution in [-0.2, 0) is 6.54 Å². The Hall–Kier alpha value is -1.98. The molecule has 0 saturated heterocycles. The molecule has 6 heteroatoms. The number of nitrogens with zero attached hydrogens (tertiary/aromatic N) is 3. The van der Waals surface area contributed by atoms with Gasteiger partial charge in [0.25, 0.3) is 0 Å². The third-order valence-electron chi connectivity index (χ3n) is 2.70. The lowest BCUT2D eigenvalue weighted by atomic mass is 10.1. The summed E-state index contributed by atoms with van der Waals surface area (Å²) in [5.74, 6) is -1.30. The highest BCUT2D eigenvalue weighted by molar-refractivity contribution is 5.35. The van der Waals surface area contributed by atoms with Crippen LogP contribution in [0.2, 0.25) is 0 Å². The highest BCUT2D eigenvalue weighted by Gasteiger charge is 2.16. The molecule has 1 heterocycles. The van der Waals surface area contributed by atoms with Gasteiger partial charge in [-0.1, -0.05) is 31.2 Å². The third kappa shape index (κ3) is 2.18. The smallest absolute Gasteiger partial charge is 0.169 e. The van der Waals surface area contributed by atoms with Gasteiger partial charge >= 0.3 is 0 Å². The number of anilines is 1. The van der Waals surface area contributed by atoms with E-state index in [9.17, 15) is 8.78 Å². The molecule has 0 aliphatic rings. The molecule has 1 aromatic heterocycles. The van der Waals surface area contributed by atoms with Gasteiger partial charge in [0.05, 0.1) is 12.2 Å². The fourth-order valence-corrected chi connectivity index (χ4v) is 1.88. The number of hydrogen-bond acceptors (Lipinski definition) is 3. The van der Waals surface area contributed by atoms with Crippen LogP contribution in [0, 0.1) is 11.6 Å². The molecular weight excluding hydrogens is 238 g/mol. The zero-order valence-electron chi connectivity index (χ0n) is 10.2. The van der Waals surface area contributed by atoms with E-state index in [1.807, 2.05) is 13.8 Å². The van der Waals surface area contributed by atoms with E-state index < -0.39 is 11.6 Å². The molecule has 2 N–H and O–H groups in total. The van der Waals surface area contributed by atoms with Crippen molar-refractivity contribution in [3.05, 3.63) is 41.1 Å². The monoisotopic (exact) mass is 252 g/mol. The molecule has 2 rings (SSSR count). The molecule has 0 unspecified atom stereocenters. The summed E-state index contributed by atoms with van der Waals surface area (Å²) in [6.45, 7) is 3.99. The predicted octanol–water partition coefficient (Wildman–Crippen LogP) is 2.31. The van der Waals surface area contributed by atoms with Crippen LogP contribution >= 0.6 is 0 Å². The van der Waals surface area contributed by atoms with Crippen LogP contribution in [0.3, 0.4) is 0 Å². The maximum Gasteiger partial charge on any atom is 0.169 e. The molecule has 0 spiro atoms. The summed E-state index contributed by atoms with van der Waals surface area (Å²) in [6, 6.07) is 4.06. The predicted molar refractivity (Wildman–Crippen MR) is 64.0 cm³/mol. The summed E-state index contributed by atoms with van der Waals surface area (Å²) in [6.07, 6.45) is 0. The van der Waals surface area contributed by atoms with Crippen molar-refractivity contribution < 1.29 is 8.78 Å². The van der Waals surface area contributed by atoms with Gasteiger partial charge in [-0.15, -0.1) is 5.10 Å². The SMILES string of the molecule is CC(C)c1c(N)nnn1Cc1cccc(F)c1F. The van der Waals surface area contributed by atoms with Gasteiger partial charge in [-0.05, 0) is 12.0 Å². The first-order valence-electron chi connectivity index (χ1n) is 5.62. The highest BCUT2D eigenvalue weighted by atomic mass is 19.2. The summed E-state index contributed by atoms with van der Waals surface area (Å²) >= 11 is 0. The zero-order valence-corrected chi connectivity index (χ0v) is 10.2. The summed E-state index contributed by atoms with van der Waals surface area (Å²) < 4.78 is 28.2. The number of halogens is 2. The Morgan fingerprint density at radius 3 is 2.72 bits per heavy atom. The van der Waals surface area contributed by atoms with Crippen molar-refractivity contribution in [2.45, 2.75) is 26.3 Å². The fraction of sp³-hybridized carbons (Fsp3) is 0.333. The first-order chi connectivity index (χ1) is 8.50. The third-order valence-corrected chi connectivity index (χ3v) is 2.70. The van der Waals surface area contributed by atoms with Gasteiger partial charge in [-0.3, -0.25) is 0 Å². The molecule has 96 valence electrons. The molecule has 1 aromatic carbocycles. The molecule has 0 radical (unpaired) electrons. The minimum atomic E-state index is -0.869. The Balaban J connectivity index is 2.37. The van der Waals surface area contributed by atoms with E-state index in [0.717, 1.165) is 11.8 Å². The average Bonchev–Trinajstić information content (AvgIpc) is 2.66. The second-order valence-electron chi connectivity index (χ2n) is 4.39. The van der Waals surface area contributed by atoms with Crippen LogP contribution in [0.4, 0.5) is 14.6 Å². The lowest BCUT2D eigenvalue weighted by Gasteiger charge is -2.10. The van der Waals surface area contributed by atoms with E-state index in [1.54, 1.807) is 0 Å². The van der Waals surface area contributed by atoms with Crippen molar-refractivity contribution in [2.24, 2.45) is 0 Å². The summed E-state index contributed by atoms with van der Waals surface area (Å²) in [7, 11) is 0. The van der Waals surface area contributed by atoms with Gasteiger partial charge in [0.1, 0.15) is 0 Å². The second-order valence-corrected chi connectivity index (χ2v) is 4.39. The number of hydrogen-bond donors (Lipinski definition) is 1. The van der Waals surface area contributed by atoms with Crippen molar-refractivity contribution in [1.82, 2.24) is 15.0 Å². The minimum absolute atomic E-state index is 0.108. The van der Waals surface area contributed by atoms with E-state index in [-0.39, 0.29) is 18.0 Å². The molecule has 0 atom stereocenters. The summed E-state index contributed by atoms with van der Waals surface area (Å²) in [5.41, 5.74) is 6.65. The Labute approximate surface area is 103 Å². The number of benzene rings is 1. The maximum absolute atomic E-state index is 13.6. The lowest BCUT2D eigenvalue weighted by molar-refractivity contribution is 0.487. The van der Waals surface area contributed by atoms with E-state index in [0.29, 0.717) is 5.82 Å². The topological polar surface area (TPSA) is 56.7 Å². The van der Waals surface area contributed by atoms with Crippen LogP contribution < -0.4 is 5.73 Å². The highest BCUT2D eigenvalue weighted by Crippen LogP contribution is 2.21. The molecule has 0 aliphatic carbocycles. The van der Waals surface area contributed by atoms with E-state index >= 15 is 0 Å². The average molecular weight is 252 g/mol. The van der Waals surface area contributed by atoms with Crippen molar-refractivity contribution in [2.75, 3.05) is 5.73 Å². The fourth-order valence-electron chi connectivity index (χ4n) is 1.88. The molecule has 0 bridgehead atoms. The second kappa shape index (κ2) is 4.72. The molecular formula is C12H14F2N4. The molecule has 18 heavy (non-hydrogen) atoms. The Kier molecular flexibility index (Phi) is 3.27. The van der Waals surface area contributed by atoms with Crippen LogP contribution in [0.1, 0.15) is 31.0 Å². The Morgan fingerprint density at radius 1 is 1.33 bits per heavy atom. The normalized spacial score (nSPS) is 11.2. The summed E-state index contributed by atoms with van der Waals surface area (Å²) in [5, 5.41) is 7.62. The van der Waals surface area contributed by atoms with Crippen LogP contribution in [0.15, 0.2) is 18.2 Å². The van der Waals surface area contributed by atoms with E-state index in [2.05, 4.69) is 10.3 Å². The first kappa shape index (κ1) is 12.5. The van der Waals surface area contributed by atoms with Crippen LogP contribution in [0.5, 0.6) is 0 Å². The van der Waals surface area contributed by atoms with Crippen molar-refractivity contribution in [3.8, 4) is 0 Å². The molecule has 2 aromatic rings. The molecule has 0 aliphatic heterocycles. The lowest BCUT2D eigenvalue weighted by Crippen LogP contribution is -2.10. The zero-order chi connectivity index (χ0) is 13.3. The maximum atomic E-state index is 13.6. The minimum Gasteiger partial charge on any atom is -0.381 e. The number of aromatic nitrogens is 3. The first-order valence-corrected chi connectivity index (χ1v) is 5.62. The van der Waals surface area contributed by atoms with Crippen molar-refractivity contribution in [1.29, 1.82) is 0 Å². The number of rotatable bonds is 3. The largest absolute Gasteiger partial charge is 0.381 e. The van der Waals surface area contributed by atoms with Gasteiger partial charge in [0, 0.05) is 5.56 Å². The van der Waals surface area contributed by atoms with Gasteiger partial charge in [0.15, 0.2) is 17.5 Å². The number of nitrogens with two attached hydrogens (primary N) is 1. The van der Waals surface area contributed by atoms with Crippen molar-refractivity contribution >= 4 is 5.82 Å². The van der Waals surface area contributed by atoms with Gasteiger partial charge in [-0.2, -0.15) is 0 Å². The molecule has 0 amide bonds. The van der Waals surface area contributed by atoms with Gasteiger partial charge in [-0.25, -0.2) is 13.5 Å². The van der Waals surface area contributed by atoms with Gasteiger partial charge < -0.3 is 5.73 Å².